The average Bonchev–Trinajstić information content (AvgIpc) is 2.81. The molecule has 1 aliphatic carbocycles. The van der Waals surface area contributed by atoms with Crippen molar-refractivity contribution in [2.24, 2.45) is 0 Å². The van der Waals surface area contributed by atoms with Crippen LogP contribution in [0.25, 0.3) is 0 Å². The summed E-state index contributed by atoms with van der Waals surface area (Å²) in [5.74, 6) is 1.41. The van der Waals surface area contributed by atoms with Gasteiger partial charge in [-0.05, 0) is 58.8 Å². The van der Waals surface area contributed by atoms with Crippen molar-refractivity contribution in [1.29, 1.82) is 0 Å². The molecule has 150 valence electrons. The lowest BCUT2D eigenvalue weighted by Gasteiger charge is -2.43. The number of aryl methyl sites for hydroxylation is 1. The summed E-state index contributed by atoms with van der Waals surface area (Å²) in [6, 6.07) is 15.0. The van der Waals surface area contributed by atoms with Gasteiger partial charge in [0.05, 0.1) is 0 Å². The van der Waals surface area contributed by atoms with E-state index in [4.69, 9.17) is 4.74 Å². The number of rotatable bonds is 3. The van der Waals surface area contributed by atoms with E-state index in [1.54, 1.807) is 0 Å². The Balaban J connectivity index is 1.61. The van der Waals surface area contributed by atoms with Crippen molar-refractivity contribution in [3.05, 3.63) is 59.2 Å². The van der Waals surface area contributed by atoms with Crippen LogP contribution in [0.2, 0.25) is 0 Å². The van der Waals surface area contributed by atoms with Gasteiger partial charge in [0.25, 0.3) is 0 Å². The molecule has 2 aromatic rings. The van der Waals surface area contributed by atoms with Crippen LogP contribution in [0.15, 0.2) is 42.5 Å². The van der Waals surface area contributed by atoms with E-state index in [9.17, 15) is 5.11 Å². The van der Waals surface area contributed by atoms with E-state index in [0.717, 1.165) is 43.8 Å². The van der Waals surface area contributed by atoms with Crippen LogP contribution < -0.4 is 4.74 Å². The number of hydrogen-bond acceptors (Lipinski definition) is 4. The van der Waals surface area contributed by atoms with Crippen LogP contribution in [0, 0.1) is 6.92 Å². The number of phenols is 1. The number of nitrogens with zero attached hydrogens (tertiary/aromatic N) is 2. The van der Waals surface area contributed by atoms with Crippen molar-refractivity contribution in [2.75, 3.05) is 20.6 Å². The highest BCUT2D eigenvalue weighted by Gasteiger charge is 2.41. The van der Waals surface area contributed by atoms with E-state index < -0.39 is 0 Å². The van der Waals surface area contributed by atoms with E-state index >= 15 is 0 Å². The predicted octanol–water partition coefficient (Wildman–Crippen LogP) is 4.34. The highest BCUT2D eigenvalue weighted by molar-refractivity contribution is 5.37. The molecular weight excluding hydrogens is 348 g/mol. The van der Waals surface area contributed by atoms with Gasteiger partial charge in [0.1, 0.15) is 17.1 Å². The molecule has 1 aliphatic heterocycles. The number of fused-ring (bicyclic) bond motifs is 1. The van der Waals surface area contributed by atoms with Crippen LogP contribution in [0.1, 0.15) is 42.4 Å². The van der Waals surface area contributed by atoms with Crippen molar-refractivity contribution in [1.82, 2.24) is 9.80 Å². The minimum absolute atomic E-state index is 0.140. The number of benzene rings is 2. The summed E-state index contributed by atoms with van der Waals surface area (Å²) in [4.78, 5) is 4.80. The fraction of sp³-hybridized carbons (Fsp3) is 0.500. The Morgan fingerprint density at radius 1 is 1.14 bits per heavy atom. The van der Waals surface area contributed by atoms with Gasteiger partial charge in [0, 0.05) is 36.8 Å². The lowest BCUT2D eigenvalue weighted by atomic mass is 9.81. The largest absolute Gasteiger partial charge is 0.508 e. The number of ether oxygens (including phenoxy) is 1. The first-order valence-corrected chi connectivity index (χ1v) is 10.4. The molecule has 1 spiro atoms. The Kier molecular flexibility index (Phi) is 5.35. The third-order valence-electron chi connectivity index (χ3n) is 6.43. The molecule has 0 amide bonds. The summed E-state index contributed by atoms with van der Waals surface area (Å²) in [7, 11) is 4.36. The zero-order valence-corrected chi connectivity index (χ0v) is 17.3. The third kappa shape index (κ3) is 4.03. The zero-order chi connectivity index (χ0) is 19.7. The minimum Gasteiger partial charge on any atom is -0.508 e. The Morgan fingerprint density at radius 3 is 2.64 bits per heavy atom. The van der Waals surface area contributed by atoms with Crippen molar-refractivity contribution in [3.63, 3.8) is 0 Å². The smallest absolute Gasteiger partial charge is 0.124 e. The van der Waals surface area contributed by atoms with Gasteiger partial charge in [-0.1, -0.05) is 35.9 Å². The average molecular weight is 381 g/mol. The van der Waals surface area contributed by atoms with Gasteiger partial charge in [0.15, 0.2) is 0 Å². The van der Waals surface area contributed by atoms with Crippen molar-refractivity contribution in [3.8, 4) is 11.5 Å². The van der Waals surface area contributed by atoms with Gasteiger partial charge in [-0.15, -0.1) is 0 Å². The van der Waals surface area contributed by atoms with Gasteiger partial charge in [-0.3, -0.25) is 4.90 Å². The van der Waals surface area contributed by atoms with E-state index in [2.05, 4.69) is 61.2 Å². The normalized spacial score (nSPS) is 25.4. The molecule has 2 aliphatic rings. The molecule has 4 rings (SSSR count). The second kappa shape index (κ2) is 7.76. The van der Waals surface area contributed by atoms with E-state index in [1.165, 1.54) is 24.0 Å². The molecular formula is C24H32N2O2. The molecule has 0 saturated heterocycles. The molecule has 1 heterocycles. The van der Waals surface area contributed by atoms with E-state index in [1.807, 2.05) is 12.1 Å². The highest BCUT2D eigenvalue weighted by atomic mass is 16.5. The summed E-state index contributed by atoms with van der Waals surface area (Å²) >= 11 is 0. The number of phenolic OH excluding ortho intramolecular Hbond substituents is 1. The summed E-state index contributed by atoms with van der Waals surface area (Å²) in [6.45, 7) is 4.56. The molecule has 0 atom stereocenters. The highest BCUT2D eigenvalue weighted by Crippen LogP contribution is 2.39. The first-order valence-electron chi connectivity index (χ1n) is 10.4. The first-order chi connectivity index (χ1) is 13.4. The Bertz CT molecular complexity index is 825. The maximum Gasteiger partial charge on any atom is 0.124 e. The van der Waals surface area contributed by atoms with E-state index in [0.29, 0.717) is 11.8 Å². The number of hydrogen-bond donors (Lipinski definition) is 1. The van der Waals surface area contributed by atoms with Gasteiger partial charge in [-0.2, -0.15) is 0 Å². The van der Waals surface area contributed by atoms with Crippen molar-refractivity contribution < 1.29 is 9.84 Å². The maximum absolute atomic E-state index is 10.4. The van der Waals surface area contributed by atoms with Gasteiger partial charge >= 0.3 is 0 Å². The topological polar surface area (TPSA) is 35.9 Å². The molecule has 1 saturated carbocycles. The van der Waals surface area contributed by atoms with Gasteiger partial charge < -0.3 is 14.7 Å². The number of aromatic hydroxyl groups is 1. The van der Waals surface area contributed by atoms with Crippen LogP contribution >= 0.6 is 0 Å². The summed E-state index contributed by atoms with van der Waals surface area (Å²) in [5.41, 5.74) is 3.27. The van der Waals surface area contributed by atoms with Crippen LogP contribution in [0.3, 0.4) is 0 Å². The fourth-order valence-electron chi connectivity index (χ4n) is 4.80. The maximum atomic E-state index is 10.4. The fourth-order valence-corrected chi connectivity index (χ4v) is 4.80. The van der Waals surface area contributed by atoms with Gasteiger partial charge in [-0.25, -0.2) is 0 Å². The van der Waals surface area contributed by atoms with Gasteiger partial charge in [0.2, 0.25) is 0 Å². The molecule has 4 heteroatoms. The van der Waals surface area contributed by atoms with Crippen LogP contribution in [-0.4, -0.2) is 47.2 Å². The molecule has 28 heavy (non-hydrogen) atoms. The molecule has 2 aromatic carbocycles. The standard InChI is InChI=1S/C24H32N2O2/c1-18-8-9-22(27)20(14-18)16-26-15-19-6-4-5-7-23(19)28-24(17-26)12-10-21(11-13-24)25(2)3/h4-9,14,21,27H,10-13,15-17H2,1-3H3. The summed E-state index contributed by atoms with van der Waals surface area (Å²) < 4.78 is 6.71. The second-order valence-electron chi connectivity index (χ2n) is 8.86. The monoisotopic (exact) mass is 380 g/mol. The quantitative estimate of drug-likeness (QED) is 0.859. The van der Waals surface area contributed by atoms with Crippen LogP contribution in [0.5, 0.6) is 11.5 Å². The summed E-state index contributed by atoms with van der Waals surface area (Å²) in [5, 5.41) is 10.4. The predicted molar refractivity (Wildman–Crippen MR) is 113 cm³/mol. The molecule has 1 N–H and O–H groups in total. The van der Waals surface area contributed by atoms with Crippen LogP contribution in [0.4, 0.5) is 0 Å². The van der Waals surface area contributed by atoms with Crippen LogP contribution in [-0.2, 0) is 13.1 Å². The molecule has 0 radical (unpaired) electrons. The molecule has 4 nitrogen and oxygen atoms in total. The summed E-state index contributed by atoms with van der Waals surface area (Å²) in [6.07, 6.45) is 4.47. The third-order valence-corrected chi connectivity index (χ3v) is 6.43. The molecule has 0 aromatic heterocycles. The SMILES string of the molecule is Cc1ccc(O)c(CN2Cc3ccccc3OC3(CCC(N(C)C)CC3)C2)c1. The Morgan fingerprint density at radius 2 is 1.89 bits per heavy atom. The second-order valence-corrected chi connectivity index (χ2v) is 8.86. The molecule has 0 unspecified atom stereocenters. The van der Waals surface area contributed by atoms with Crippen molar-refractivity contribution in [2.45, 2.75) is 57.3 Å². The lowest BCUT2D eigenvalue weighted by molar-refractivity contribution is -0.0136. The molecule has 1 fully saturated rings. The minimum atomic E-state index is -0.140. The lowest BCUT2D eigenvalue weighted by Crippen LogP contribution is -2.50. The van der Waals surface area contributed by atoms with Crippen molar-refractivity contribution >= 4 is 0 Å². The molecule has 0 bridgehead atoms. The van der Waals surface area contributed by atoms with E-state index in [-0.39, 0.29) is 5.60 Å². The Hall–Kier alpha value is -2.04. The number of para-hydroxylation sites is 1. The zero-order valence-electron chi connectivity index (χ0n) is 17.3. The first kappa shape index (κ1) is 19.3. The Labute approximate surface area is 168 Å².